The highest BCUT2D eigenvalue weighted by Gasteiger charge is 2.35. The molecular formula is C18H17FN6O2. The van der Waals surface area contributed by atoms with Crippen LogP contribution in [0.2, 0.25) is 0 Å². The lowest BCUT2D eigenvalue weighted by Crippen LogP contribution is -2.22. The predicted octanol–water partition coefficient (Wildman–Crippen LogP) is 2.18. The summed E-state index contributed by atoms with van der Waals surface area (Å²) in [6.07, 6.45) is 4.79. The Balaban J connectivity index is 1.37. The number of fused-ring (bicyclic) bond motifs is 1. The van der Waals surface area contributed by atoms with Crippen molar-refractivity contribution in [2.24, 2.45) is 7.05 Å². The van der Waals surface area contributed by atoms with E-state index < -0.39 is 6.17 Å². The van der Waals surface area contributed by atoms with Crippen molar-refractivity contribution >= 4 is 17.4 Å². The minimum atomic E-state index is -0.796. The highest BCUT2D eigenvalue weighted by Crippen LogP contribution is 2.32. The van der Waals surface area contributed by atoms with Crippen molar-refractivity contribution in [2.45, 2.75) is 19.1 Å². The maximum absolute atomic E-state index is 13.4. The summed E-state index contributed by atoms with van der Waals surface area (Å²) in [4.78, 5) is 25.0. The first kappa shape index (κ1) is 16.0. The molecule has 1 saturated heterocycles. The first-order chi connectivity index (χ1) is 13.1. The van der Waals surface area contributed by atoms with E-state index in [2.05, 4.69) is 15.1 Å². The molecule has 0 radical (unpaired) electrons. The van der Waals surface area contributed by atoms with Crippen LogP contribution in [0, 0.1) is 0 Å². The summed E-state index contributed by atoms with van der Waals surface area (Å²) in [6.45, 7) is 1.39. The van der Waals surface area contributed by atoms with Crippen LogP contribution >= 0.6 is 0 Å². The molecule has 5 rings (SSSR count). The third kappa shape index (κ3) is 2.66. The lowest BCUT2D eigenvalue weighted by atomic mass is 10.3. The molecule has 0 bridgehead atoms. The van der Waals surface area contributed by atoms with Gasteiger partial charge < -0.3 is 9.32 Å². The van der Waals surface area contributed by atoms with E-state index in [0.29, 0.717) is 48.9 Å². The third-order valence-electron chi connectivity index (χ3n) is 4.90. The van der Waals surface area contributed by atoms with E-state index in [0.717, 1.165) is 5.82 Å². The summed E-state index contributed by atoms with van der Waals surface area (Å²) < 4.78 is 20.7. The van der Waals surface area contributed by atoms with Crippen molar-refractivity contribution in [3.05, 3.63) is 42.2 Å². The molecule has 5 heterocycles. The van der Waals surface area contributed by atoms with Gasteiger partial charge in [-0.2, -0.15) is 5.10 Å². The van der Waals surface area contributed by atoms with Gasteiger partial charge in [-0.05, 0) is 18.6 Å². The lowest BCUT2D eigenvalue weighted by molar-refractivity contribution is 0.0972. The summed E-state index contributed by atoms with van der Waals surface area (Å²) >= 11 is 0. The predicted molar refractivity (Wildman–Crippen MR) is 95.2 cm³/mol. The molecule has 3 aromatic heterocycles. The summed E-state index contributed by atoms with van der Waals surface area (Å²) in [5.74, 6) is 1.12. The van der Waals surface area contributed by atoms with E-state index in [1.807, 2.05) is 17.0 Å². The van der Waals surface area contributed by atoms with Gasteiger partial charge in [0.05, 0.1) is 30.5 Å². The fourth-order valence-electron chi connectivity index (χ4n) is 3.48. The van der Waals surface area contributed by atoms with Crippen LogP contribution in [0.1, 0.15) is 22.7 Å². The Morgan fingerprint density at radius 2 is 2.19 bits per heavy atom. The number of anilines is 2. The van der Waals surface area contributed by atoms with Gasteiger partial charge in [0.15, 0.2) is 0 Å². The van der Waals surface area contributed by atoms with Gasteiger partial charge in [0.1, 0.15) is 17.7 Å². The highest BCUT2D eigenvalue weighted by molar-refractivity contribution is 6.07. The molecule has 1 fully saturated rings. The Kier molecular flexibility index (Phi) is 3.49. The first-order valence-electron chi connectivity index (χ1n) is 8.74. The van der Waals surface area contributed by atoms with Crippen LogP contribution in [0.25, 0.3) is 11.5 Å². The molecule has 1 unspecified atom stereocenters. The molecule has 27 heavy (non-hydrogen) atoms. The van der Waals surface area contributed by atoms with Crippen LogP contribution < -0.4 is 9.80 Å². The summed E-state index contributed by atoms with van der Waals surface area (Å²) in [7, 11) is 1.80. The number of hydrogen-bond donors (Lipinski definition) is 0. The standard InChI is InChI=1S/C18H17FN6O2/c1-23-9-13(7-21-23)25-10-14-16(18(25)26)27-17(22-14)11-2-3-15(20-6-11)24-5-4-12(19)8-24/h2-3,6-7,9,12H,4-5,8,10H2,1H3. The molecule has 9 heteroatoms. The number of carbonyl (C=O) groups is 1. The van der Waals surface area contributed by atoms with Gasteiger partial charge in [-0.3, -0.25) is 14.4 Å². The quantitative estimate of drug-likeness (QED) is 0.705. The SMILES string of the molecule is Cn1cc(N2Cc3nc(-c4ccc(N5CCC(F)C5)nc4)oc3C2=O)cn1. The van der Waals surface area contributed by atoms with Crippen molar-refractivity contribution in [3.8, 4) is 11.5 Å². The van der Waals surface area contributed by atoms with Gasteiger partial charge in [0.25, 0.3) is 5.91 Å². The van der Waals surface area contributed by atoms with E-state index in [4.69, 9.17) is 4.42 Å². The van der Waals surface area contributed by atoms with Crippen LogP contribution in [0.15, 0.2) is 35.1 Å². The number of halogens is 1. The highest BCUT2D eigenvalue weighted by atomic mass is 19.1. The number of pyridine rings is 1. The minimum Gasteiger partial charge on any atom is -0.430 e. The first-order valence-corrected chi connectivity index (χ1v) is 8.74. The van der Waals surface area contributed by atoms with Gasteiger partial charge in [-0.15, -0.1) is 0 Å². The zero-order valence-electron chi connectivity index (χ0n) is 14.7. The number of alkyl halides is 1. The van der Waals surface area contributed by atoms with E-state index in [9.17, 15) is 9.18 Å². The van der Waals surface area contributed by atoms with Crippen LogP contribution in [-0.4, -0.2) is 44.9 Å². The Morgan fingerprint density at radius 1 is 1.30 bits per heavy atom. The lowest BCUT2D eigenvalue weighted by Gasteiger charge is -2.15. The van der Waals surface area contributed by atoms with Crippen molar-refractivity contribution in [1.82, 2.24) is 19.7 Å². The number of oxazole rings is 1. The Labute approximate surface area is 154 Å². The molecule has 1 amide bonds. The fraction of sp³-hybridized carbons (Fsp3) is 0.333. The Hall–Kier alpha value is -3.23. The molecule has 0 saturated carbocycles. The molecule has 138 valence electrons. The number of nitrogens with zero attached hydrogens (tertiary/aromatic N) is 6. The molecule has 3 aromatic rings. The van der Waals surface area contributed by atoms with E-state index in [1.54, 1.807) is 35.2 Å². The van der Waals surface area contributed by atoms with Gasteiger partial charge in [0, 0.05) is 26.0 Å². The number of aryl methyl sites for hydroxylation is 1. The van der Waals surface area contributed by atoms with E-state index in [-0.39, 0.29) is 11.7 Å². The fourth-order valence-corrected chi connectivity index (χ4v) is 3.48. The smallest absolute Gasteiger partial charge is 0.296 e. The normalized spacial score (nSPS) is 19.2. The molecule has 0 aliphatic carbocycles. The largest absolute Gasteiger partial charge is 0.430 e. The zero-order chi connectivity index (χ0) is 18.5. The third-order valence-corrected chi connectivity index (χ3v) is 4.90. The van der Waals surface area contributed by atoms with Crippen molar-refractivity contribution in [3.63, 3.8) is 0 Å². The van der Waals surface area contributed by atoms with Gasteiger partial charge in [-0.1, -0.05) is 0 Å². The molecule has 2 aliphatic heterocycles. The van der Waals surface area contributed by atoms with Crippen molar-refractivity contribution in [2.75, 3.05) is 22.9 Å². The van der Waals surface area contributed by atoms with E-state index >= 15 is 0 Å². The van der Waals surface area contributed by atoms with Gasteiger partial charge in [-0.25, -0.2) is 14.4 Å². The van der Waals surface area contributed by atoms with Crippen LogP contribution in [0.4, 0.5) is 15.9 Å². The zero-order valence-corrected chi connectivity index (χ0v) is 14.7. The second-order valence-corrected chi connectivity index (χ2v) is 6.80. The second kappa shape index (κ2) is 5.90. The van der Waals surface area contributed by atoms with Gasteiger partial charge in [0.2, 0.25) is 11.7 Å². The topological polar surface area (TPSA) is 80.3 Å². The van der Waals surface area contributed by atoms with Crippen LogP contribution in [0.3, 0.4) is 0 Å². The molecular weight excluding hydrogens is 351 g/mol. The molecule has 2 aliphatic rings. The average molecular weight is 368 g/mol. The minimum absolute atomic E-state index is 0.229. The van der Waals surface area contributed by atoms with Crippen molar-refractivity contribution < 1.29 is 13.6 Å². The summed E-state index contributed by atoms with van der Waals surface area (Å²) in [6, 6.07) is 3.66. The Bertz CT molecular complexity index is 1010. The van der Waals surface area contributed by atoms with Crippen LogP contribution in [0.5, 0.6) is 0 Å². The monoisotopic (exact) mass is 368 g/mol. The van der Waals surface area contributed by atoms with Crippen LogP contribution in [-0.2, 0) is 13.6 Å². The summed E-state index contributed by atoms with van der Waals surface area (Å²) in [5.41, 5.74) is 1.99. The van der Waals surface area contributed by atoms with E-state index in [1.165, 1.54) is 0 Å². The molecule has 0 spiro atoms. The number of aromatic nitrogens is 4. The molecule has 0 N–H and O–H groups in total. The number of rotatable bonds is 3. The molecule has 0 aromatic carbocycles. The average Bonchev–Trinajstić information content (AvgIpc) is 3.42. The molecule has 8 nitrogen and oxygen atoms in total. The Morgan fingerprint density at radius 3 is 2.81 bits per heavy atom. The number of amides is 1. The number of carbonyl (C=O) groups excluding carboxylic acids is 1. The maximum atomic E-state index is 13.4. The molecule has 1 atom stereocenters. The van der Waals surface area contributed by atoms with Crippen molar-refractivity contribution in [1.29, 1.82) is 0 Å². The number of hydrogen-bond acceptors (Lipinski definition) is 6. The summed E-state index contributed by atoms with van der Waals surface area (Å²) in [5, 5.41) is 4.09. The second-order valence-electron chi connectivity index (χ2n) is 6.80. The van der Waals surface area contributed by atoms with Gasteiger partial charge >= 0.3 is 0 Å². The maximum Gasteiger partial charge on any atom is 0.296 e.